The minimum atomic E-state index is -1.11. The zero-order valence-electron chi connectivity index (χ0n) is 47.1. The van der Waals surface area contributed by atoms with Gasteiger partial charge in [-0.3, -0.25) is 28.8 Å². The van der Waals surface area contributed by atoms with Gasteiger partial charge in [-0.15, -0.1) is 0 Å². The molecule has 14 heteroatoms. The van der Waals surface area contributed by atoms with Crippen LogP contribution in [0.1, 0.15) is 203 Å². The summed E-state index contributed by atoms with van der Waals surface area (Å²) in [6.07, 6.45) is 13.6. The summed E-state index contributed by atoms with van der Waals surface area (Å²) in [5.74, 6) is -5.86. The third-order valence-electron chi connectivity index (χ3n) is 21.7. The minimum absolute atomic E-state index is 0.00179. The van der Waals surface area contributed by atoms with Crippen LogP contribution in [0.5, 0.6) is 0 Å². The Labute approximate surface area is 448 Å². The van der Waals surface area contributed by atoms with Gasteiger partial charge in [0, 0.05) is 17.1 Å². The number of aliphatic carboxylic acids is 2. The number of nitrogens with two attached hydrogens (primary N) is 2. The molecule has 8 N–H and O–H groups in total. The Hall–Kier alpha value is -4.04. The molecule has 0 heterocycles. The van der Waals surface area contributed by atoms with Crippen LogP contribution in [0.2, 0.25) is 0 Å². The lowest BCUT2D eigenvalue weighted by molar-refractivity contribution is -0.203. The van der Waals surface area contributed by atoms with Crippen molar-refractivity contribution >= 4 is 41.4 Å². The van der Waals surface area contributed by atoms with Gasteiger partial charge in [-0.05, 0) is 180 Å². The molecule has 6 aliphatic rings. The van der Waals surface area contributed by atoms with Crippen LogP contribution in [0.3, 0.4) is 0 Å². The van der Waals surface area contributed by atoms with Crippen LogP contribution >= 0.6 is 0 Å². The van der Waals surface area contributed by atoms with Crippen LogP contribution < -0.4 is 22.1 Å². The fourth-order valence-corrected chi connectivity index (χ4v) is 16.5. The Kier molecular flexibility index (Phi) is 18.7. The van der Waals surface area contributed by atoms with E-state index in [2.05, 4.69) is 45.3 Å². The van der Waals surface area contributed by atoms with Gasteiger partial charge >= 0.3 is 23.9 Å². The van der Waals surface area contributed by atoms with Gasteiger partial charge in [-0.2, -0.15) is 0 Å². The van der Waals surface area contributed by atoms with E-state index >= 15 is 0 Å². The highest BCUT2D eigenvalue weighted by Gasteiger charge is 2.64. The van der Waals surface area contributed by atoms with E-state index in [0.29, 0.717) is 86.1 Å². The Morgan fingerprint density at radius 1 is 0.640 bits per heavy atom. The molecule has 2 amide bonds. The summed E-state index contributed by atoms with van der Waals surface area (Å²) in [6.45, 7) is 19.8. The Bertz CT molecular complexity index is 2190. The van der Waals surface area contributed by atoms with E-state index in [-0.39, 0.29) is 48.3 Å². The number of carbonyl (C=O) groups is 6. The Balaban J connectivity index is 1.09. The second kappa shape index (κ2) is 23.9. The summed E-state index contributed by atoms with van der Waals surface area (Å²) >= 11 is 0. The maximum atomic E-state index is 14.7. The molecule has 6 aliphatic carbocycles. The Morgan fingerprint density at radius 2 is 1.23 bits per heavy atom. The Morgan fingerprint density at radius 3 is 1.83 bits per heavy atom. The first-order valence-corrected chi connectivity index (χ1v) is 29.6. The van der Waals surface area contributed by atoms with Gasteiger partial charge in [0.2, 0.25) is 11.8 Å². The summed E-state index contributed by atoms with van der Waals surface area (Å²) in [4.78, 5) is 81.8. The molecule has 0 radical (unpaired) electrons. The summed E-state index contributed by atoms with van der Waals surface area (Å²) in [5, 5.41) is 26.6. The van der Waals surface area contributed by atoms with Gasteiger partial charge in [0.15, 0.2) is 0 Å². The SMILES string of the molecule is CCC(N)(CC)NC(=O)C1CC(C(=O)OC2CCC3(C)C(C2)C(OC(=O)C2CCC(C(=O)Nc4ccc(C(N)(CC)CC)cc4)C(C(=O)O)C2)CC2C4CCC(C(C)CCCC(C)C)C4(C)CCC23)CCC1C(=O)O. The van der Waals surface area contributed by atoms with Crippen molar-refractivity contribution in [3.63, 3.8) is 0 Å². The lowest BCUT2D eigenvalue weighted by Gasteiger charge is -2.62. The highest BCUT2D eigenvalue weighted by Crippen LogP contribution is 2.69. The van der Waals surface area contributed by atoms with Crippen molar-refractivity contribution in [1.82, 2.24) is 5.32 Å². The number of anilines is 1. The summed E-state index contributed by atoms with van der Waals surface area (Å²) in [6, 6.07) is 7.44. The monoisotopic (exact) mass is 1040 g/mol. The average molecular weight is 1050 g/mol. The standard InChI is InChI=1S/C61H96N4O10/c1-10-60(62,11-2)39-19-21-40(22-20-39)64-52(66)42-23-17-38(32-45(42)55(70)71)57(73)75-51-34-46-48-26-25-47(36(7)16-14-15-35(5)6)58(48,8)30-28-49(46)59(9)29-27-41(33-50(51)59)74-56(72)37-18-24-43(54(68)69)44(31-37)53(67)65-61(63,12-3)13-4/h19-22,35-38,41-51H,10-18,23-34,62-63H2,1-9H3,(H,64,66)(H,65,67)(H,68,69)(H,70,71). The number of hydrogen-bond donors (Lipinski definition) is 6. The second-order valence-corrected chi connectivity index (χ2v) is 26.0. The average Bonchev–Trinajstić information content (AvgIpc) is 3.75. The maximum absolute atomic E-state index is 14.7. The third-order valence-corrected chi connectivity index (χ3v) is 21.7. The lowest BCUT2D eigenvalue weighted by Crippen LogP contribution is -2.59. The molecule has 0 bridgehead atoms. The quantitative estimate of drug-likeness (QED) is 0.0528. The minimum Gasteiger partial charge on any atom is -0.481 e. The molecule has 0 aromatic heterocycles. The topological polar surface area (TPSA) is 237 Å². The molecular weight excluding hydrogens is 949 g/mol. The summed E-state index contributed by atoms with van der Waals surface area (Å²) in [5.41, 5.74) is 13.1. The summed E-state index contributed by atoms with van der Waals surface area (Å²) < 4.78 is 13.3. The maximum Gasteiger partial charge on any atom is 0.309 e. The number of ether oxygens (including phenoxy) is 2. The normalized spacial score (nSPS) is 35.2. The van der Waals surface area contributed by atoms with Gasteiger partial charge in [-0.1, -0.05) is 93.7 Å². The number of fused-ring (bicyclic) bond motifs is 5. The predicted molar refractivity (Wildman–Crippen MR) is 289 cm³/mol. The van der Waals surface area contributed by atoms with E-state index in [1.807, 2.05) is 52.0 Å². The zero-order chi connectivity index (χ0) is 54.8. The van der Waals surface area contributed by atoms with E-state index in [9.17, 15) is 39.0 Å². The second-order valence-electron chi connectivity index (χ2n) is 26.0. The van der Waals surface area contributed by atoms with Crippen molar-refractivity contribution in [2.24, 2.45) is 99.2 Å². The van der Waals surface area contributed by atoms with Crippen LogP contribution in [-0.4, -0.2) is 63.8 Å². The molecule has 7 rings (SSSR count). The van der Waals surface area contributed by atoms with Crippen LogP contribution in [0, 0.1) is 87.8 Å². The predicted octanol–water partition coefficient (Wildman–Crippen LogP) is 11.0. The van der Waals surface area contributed by atoms with Gasteiger partial charge < -0.3 is 41.8 Å². The number of carbonyl (C=O) groups excluding carboxylic acids is 4. The molecule has 14 nitrogen and oxygen atoms in total. The molecule has 16 unspecified atom stereocenters. The van der Waals surface area contributed by atoms with E-state index < -0.39 is 88.7 Å². The molecule has 1 aromatic carbocycles. The highest BCUT2D eigenvalue weighted by molar-refractivity contribution is 5.95. The number of hydrogen-bond acceptors (Lipinski definition) is 10. The van der Waals surface area contributed by atoms with Crippen molar-refractivity contribution in [3.05, 3.63) is 29.8 Å². The van der Waals surface area contributed by atoms with Crippen LogP contribution in [-0.2, 0) is 43.8 Å². The van der Waals surface area contributed by atoms with Crippen molar-refractivity contribution in [3.8, 4) is 0 Å². The van der Waals surface area contributed by atoms with Gasteiger partial charge in [0.05, 0.1) is 41.2 Å². The van der Waals surface area contributed by atoms with Crippen LogP contribution in [0.25, 0.3) is 0 Å². The number of carboxylic acid groups (broad SMARTS) is 2. The summed E-state index contributed by atoms with van der Waals surface area (Å²) in [7, 11) is 0. The lowest BCUT2D eigenvalue weighted by atomic mass is 9.43. The number of nitrogens with one attached hydrogen (secondary N) is 2. The number of esters is 2. The van der Waals surface area contributed by atoms with Crippen LogP contribution in [0.15, 0.2) is 24.3 Å². The molecule has 0 aliphatic heterocycles. The molecule has 0 spiro atoms. The number of amides is 2. The van der Waals surface area contributed by atoms with Gasteiger partial charge in [0.25, 0.3) is 0 Å². The van der Waals surface area contributed by atoms with Crippen molar-refractivity contribution in [2.45, 2.75) is 221 Å². The largest absolute Gasteiger partial charge is 0.481 e. The first-order valence-electron chi connectivity index (χ1n) is 29.6. The van der Waals surface area contributed by atoms with E-state index in [4.69, 9.17) is 20.9 Å². The first kappa shape index (κ1) is 58.6. The number of benzene rings is 1. The molecular formula is C61H96N4O10. The fourth-order valence-electron chi connectivity index (χ4n) is 16.5. The molecule has 420 valence electrons. The number of rotatable bonds is 20. The van der Waals surface area contributed by atoms with Crippen molar-refractivity contribution < 1.29 is 48.5 Å². The molecule has 1 aromatic rings. The van der Waals surface area contributed by atoms with Crippen molar-refractivity contribution in [1.29, 1.82) is 0 Å². The molecule has 75 heavy (non-hydrogen) atoms. The number of carboxylic acids is 2. The van der Waals surface area contributed by atoms with Crippen LogP contribution in [0.4, 0.5) is 5.69 Å². The van der Waals surface area contributed by atoms with E-state index in [0.717, 1.165) is 37.7 Å². The molecule has 6 saturated carbocycles. The highest BCUT2D eigenvalue weighted by atomic mass is 16.6. The van der Waals surface area contributed by atoms with E-state index in [1.54, 1.807) is 0 Å². The van der Waals surface area contributed by atoms with Gasteiger partial charge in [-0.25, -0.2) is 0 Å². The molecule has 0 saturated heterocycles. The zero-order valence-corrected chi connectivity index (χ0v) is 47.1. The smallest absolute Gasteiger partial charge is 0.309 e. The first-order chi connectivity index (χ1) is 35.4. The van der Waals surface area contributed by atoms with E-state index in [1.165, 1.54) is 32.1 Å². The van der Waals surface area contributed by atoms with Crippen molar-refractivity contribution in [2.75, 3.05) is 5.32 Å². The van der Waals surface area contributed by atoms with Gasteiger partial charge in [0.1, 0.15) is 12.2 Å². The molecule has 16 atom stereocenters. The molecule has 6 fully saturated rings. The fraction of sp³-hybridized carbons (Fsp3) is 0.803. The third kappa shape index (κ3) is 12.3.